The molecule has 5 aromatic carbocycles. The summed E-state index contributed by atoms with van der Waals surface area (Å²) in [5, 5.41) is 6.91. The molecule has 0 aliphatic heterocycles. The van der Waals surface area contributed by atoms with E-state index in [4.69, 9.17) is 0 Å². The van der Waals surface area contributed by atoms with Crippen molar-refractivity contribution in [3.8, 4) is 0 Å². The van der Waals surface area contributed by atoms with E-state index in [0.717, 1.165) is 0 Å². The molecule has 2 aliphatic carbocycles. The van der Waals surface area contributed by atoms with E-state index in [9.17, 15) is 0 Å². The predicted octanol–water partition coefficient (Wildman–Crippen LogP) is 7.93. The predicted molar refractivity (Wildman–Crippen MR) is 202 cm³/mol. The Morgan fingerprint density at radius 2 is 0.809 bits per heavy atom. The molecule has 4 heteroatoms. The van der Waals surface area contributed by atoms with Crippen LogP contribution in [0.5, 0.6) is 0 Å². The van der Waals surface area contributed by atoms with Gasteiger partial charge in [-0.15, -0.1) is 0 Å². The van der Waals surface area contributed by atoms with Crippen molar-refractivity contribution >= 4 is 42.4 Å². The van der Waals surface area contributed by atoms with Crippen molar-refractivity contribution in [2.45, 2.75) is 6.04 Å². The van der Waals surface area contributed by atoms with Gasteiger partial charge in [-0.3, -0.25) is 0 Å². The summed E-state index contributed by atoms with van der Waals surface area (Å²) in [7, 11) is 3.00. The molecule has 2 saturated carbocycles. The third kappa shape index (κ3) is 8.92. The Morgan fingerprint density at radius 3 is 1.23 bits per heavy atom. The van der Waals surface area contributed by atoms with E-state index in [2.05, 4.69) is 184 Å². The Labute approximate surface area is 297 Å². The summed E-state index contributed by atoms with van der Waals surface area (Å²) in [6.07, 6.45) is 17.0. The van der Waals surface area contributed by atoms with Gasteiger partial charge in [-0.05, 0) is 113 Å². The second-order valence-corrected chi connectivity index (χ2v) is 15.6. The van der Waals surface area contributed by atoms with Crippen LogP contribution in [0.2, 0.25) is 0 Å². The van der Waals surface area contributed by atoms with Crippen molar-refractivity contribution in [2.24, 2.45) is 0 Å². The molecule has 0 aromatic heterocycles. The molecular weight excluding hydrogens is 648 g/mol. The standard InChI is InChI=1S/C38H34NP2.C5H5.Fe/c1-39(2)38(35-27-17-29-37(35)41(32-22-11-5-12-23-32)33-24-13-6-14-25-33)34-26-15-16-28-36(34)40(30-18-7-3-8-19-30)31-20-9-4-10-21-31;1-2-4-5-3-1;/h3-29,38H,1-2H3;1-5H;/q;;+2/t38-;;/m1../s1. The summed E-state index contributed by atoms with van der Waals surface area (Å²) in [4.78, 5) is 2.39. The summed E-state index contributed by atoms with van der Waals surface area (Å²) in [5.74, 6) is 1.39. The molecule has 2 fully saturated rings. The number of hydrogen-bond acceptors (Lipinski definition) is 1. The van der Waals surface area contributed by atoms with Gasteiger partial charge in [0, 0.05) is 17.6 Å². The van der Waals surface area contributed by atoms with Crippen LogP contribution >= 0.6 is 15.8 Å². The first kappa shape index (κ1) is 35.7. The van der Waals surface area contributed by atoms with Gasteiger partial charge in [0.15, 0.2) is 0 Å². The summed E-state index contributed by atoms with van der Waals surface area (Å²) in [5.41, 5.74) is 2.80. The molecule has 0 saturated heterocycles. The number of hydrogen-bond donors (Lipinski definition) is 0. The van der Waals surface area contributed by atoms with Crippen LogP contribution in [0.3, 0.4) is 0 Å². The Hall–Kier alpha value is -2.56. The maximum Gasteiger partial charge on any atom is 2.00 e. The molecule has 2 aliphatic rings. The van der Waals surface area contributed by atoms with Crippen molar-refractivity contribution in [1.29, 1.82) is 0 Å². The molecule has 0 bridgehead atoms. The van der Waals surface area contributed by atoms with Crippen LogP contribution in [-0.2, 0) is 17.1 Å². The molecule has 1 atom stereocenters. The first-order chi connectivity index (χ1) is 22.7. The van der Waals surface area contributed by atoms with Crippen molar-refractivity contribution in [1.82, 2.24) is 4.90 Å². The topological polar surface area (TPSA) is 3.24 Å². The Balaban J connectivity index is 0.000000662. The van der Waals surface area contributed by atoms with Crippen molar-refractivity contribution in [3.05, 3.63) is 214 Å². The van der Waals surface area contributed by atoms with E-state index in [-0.39, 0.29) is 23.1 Å². The summed E-state index contributed by atoms with van der Waals surface area (Å²) in [6, 6.07) is 53.4. The number of benzene rings is 5. The average molecular weight is 688 g/mol. The zero-order valence-electron chi connectivity index (χ0n) is 26.7. The first-order valence-electron chi connectivity index (χ1n) is 15.7. The van der Waals surface area contributed by atoms with Crippen molar-refractivity contribution < 1.29 is 17.1 Å². The van der Waals surface area contributed by atoms with Crippen LogP contribution in [0, 0.1) is 62.9 Å². The fraction of sp³-hybridized carbons (Fsp3) is 0.0698. The van der Waals surface area contributed by atoms with E-state index in [0.29, 0.717) is 0 Å². The second kappa shape index (κ2) is 18.3. The Kier molecular flexibility index (Phi) is 13.9. The zero-order valence-corrected chi connectivity index (χ0v) is 29.6. The molecule has 232 valence electrons. The normalized spacial score (nSPS) is 15.8. The van der Waals surface area contributed by atoms with Gasteiger partial charge in [-0.1, -0.05) is 146 Å². The van der Waals surface area contributed by atoms with E-state index in [1.165, 1.54) is 43.7 Å². The third-order valence-corrected chi connectivity index (χ3v) is 13.0. The molecule has 10 radical (unpaired) electrons. The van der Waals surface area contributed by atoms with Gasteiger partial charge < -0.3 is 4.90 Å². The van der Waals surface area contributed by atoms with Crippen LogP contribution in [0.25, 0.3) is 0 Å². The van der Waals surface area contributed by atoms with Gasteiger partial charge in [0.2, 0.25) is 0 Å². The van der Waals surface area contributed by atoms with Crippen LogP contribution in [-0.4, -0.2) is 19.0 Å². The maximum absolute atomic E-state index is 2.39. The van der Waals surface area contributed by atoms with Crippen LogP contribution in [0.1, 0.15) is 11.6 Å². The molecule has 7 rings (SSSR count). The van der Waals surface area contributed by atoms with Crippen molar-refractivity contribution in [3.63, 3.8) is 0 Å². The minimum absolute atomic E-state index is 0. The minimum atomic E-state index is -0.734. The summed E-state index contributed by atoms with van der Waals surface area (Å²) in [6.45, 7) is 0. The molecule has 0 spiro atoms. The zero-order chi connectivity index (χ0) is 31.6. The quantitative estimate of drug-likeness (QED) is 0.112. The molecule has 0 heterocycles. The monoisotopic (exact) mass is 687 g/mol. The third-order valence-electron chi connectivity index (χ3n) is 7.96. The number of rotatable bonds is 9. The maximum atomic E-state index is 2.39. The molecule has 0 N–H and O–H groups in total. The smallest absolute Gasteiger partial charge is 0.302 e. The molecule has 0 unspecified atom stereocenters. The summed E-state index contributed by atoms with van der Waals surface area (Å²) >= 11 is 0. The molecule has 5 aromatic rings. The Bertz CT molecular complexity index is 1510. The van der Waals surface area contributed by atoms with Gasteiger partial charge in [0.25, 0.3) is 0 Å². The van der Waals surface area contributed by atoms with E-state index < -0.39 is 15.8 Å². The second-order valence-electron chi connectivity index (χ2n) is 11.3. The van der Waals surface area contributed by atoms with E-state index in [1.54, 1.807) is 0 Å². The average Bonchev–Trinajstić information content (AvgIpc) is 3.85. The van der Waals surface area contributed by atoms with Gasteiger partial charge in [0.1, 0.15) is 0 Å². The Morgan fingerprint density at radius 1 is 0.426 bits per heavy atom. The molecule has 47 heavy (non-hydrogen) atoms. The SMILES string of the molecule is CN(C)[C@@H]([C]1[CH][CH][CH][C]1P(c1ccccc1)c1ccccc1)c1ccccc1P(c1ccccc1)c1ccccc1.[CH]1[CH][CH][CH][CH]1.[Fe+2]. The molecule has 1 nitrogen and oxygen atoms in total. The fourth-order valence-electron chi connectivity index (χ4n) is 5.99. The van der Waals surface area contributed by atoms with E-state index in [1.807, 2.05) is 32.1 Å². The van der Waals surface area contributed by atoms with Crippen LogP contribution in [0.4, 0.5) is 0 Å². The van der Waals surface area contributed by atoms with Crippen molar-refractivity contribution in [2.75, 3.05) is 14.1 Å². The van der Waals surface area contributed by atoms with Gasteiger partial charge in [-0.25, -0.2) is 0 Å². The largest absolute Gasteiger partial charge is 2.00 e. The molecular formula is C43H39FeNP2+2. The number of nitrogens with zero attached hydrogens (tertiary/aromatic N) is 1. The molecule has 0 amide bonds. The fourth-order valence-corrected chi connectivity index (χ4v) is 11.0. The first-order valence-corrected chi connectivity index (χ1v) is 18.4. The van der Waals surface area contributed by atoms with Crippen LogP contribution in [0.15, 0.2) is 146 Å². The minimum Gasteiger partial charge on any atom is -0.302 e. The van der Waals surface area contributed by atoms with Gasteiger partial charge in [0.05, 0.1) is 0 Å². The summed E-state index contributed by atoms with van der Waals surface area (Å²) < 4.78 is 0. The van der Waals surface area contributed by atoms with Crippen LogP contribution < -0.4 is 26.5 Å². The van der Waals surface area contributed by atoms with Gasteiger partial charge in [-0.2, -0.15) is 0 Å². The van der Waals surface area contributed by atoms with E-state index >= 15 is 0 Å². The van der Waals surface area contributed by atoms with Gasteiger partial charge >= 0.3 is 17.1 Å².